The van der Waals surface area contributed by atoms with Crippen LogP contribution in [-0.2, 0) is 27.4 Å². The molecular formula is C30H37N3O4. The summed E-state index contributed by atoms with van der Waals surface area (Å²) in [7, 11) is 1.43. The van der Waals surface area contributed by atoms with Crippen molar-refractivity contribution in [1.29, 1.82) is 0 Å². The molecule has 1 aliphatic rings. The first-order valence-corrected chi connectivity index (χ1v) is 13.1. The van der Waals surface area contributed by atoms with Crippen LogP contribution in [0.25, 0.3) is 17.2 Å². The van der Waals surface area contributed by atoms with E-state index in [9.17, 15) is 4.79 Å². The van der Waals surface area contributed by atoms with Crippen LogP contribution < -0.4 is 9.64 Å². The second kappa shape index (κ2) is 12.6. The van der Waals surface area contributed by atoms with Crippen molar-refractivity contribution in [3.8, 4) is 16.9 Å². The predicted octanol–water partition coefficient (Wildman–Crippen LogP) is 6.08. The van der Waals surface area contributed by atoms with Crippen molar-refractivity contribution in [2.24, 2.45) is 0 Å². The van der Waals surface area contributed by atoms with Crippen molar-refractivity contribution in [2.75, 3.05) is 25.2 Å². The summed E-state index contributed by atoms with van der Waals surface area (Å²) in [5, 5.41) is 4.42. The van der Waals surface area contributed by atoms with Crippen molar-refractivity contribution in [3.63, 3.8) is 0 Å². The number of hydrogen-bond acceptors (Lipinski definition) is 6. The highest BCUT2D eigenvalue weighted by molar-refractivity contribution is 5.96. The zero-order chi connectivity index (χ0) is 26.2. The number of esters is 1. The summed E-state index contributed by atoms with van der Waals surface area (Å²) in [6, 6.07) is 14.4. The van der Waals surface area contributed by atoms with Crippen molar-refractivity contribution < 1.29 is 19.0 Å². The van der Waals surface area contributed by atoms with E-state index in [2.05, 4.69) is 48.2 Å². The van der Waals surface area contributed by atoms with E-state index >= 15 is 0 Å². The molecule has 0 saturated heterocycles. The quantitative estimate of drug-likeness (QED) is 0.180. The Morgan fingerprint density at radius 2 is 1.89 bits per heavy atom. The molecule has 0 fully saturated rings. The number of carbonyl (C=O) groups is 1. The first-order chi connectivity index (χ1) is 18.0. The van der Waals surface area contributed by atoms with E-state index < -0.39 is 0 Å². The van der Waals surface area contributed by atoms with Gasteiger partial charge in [0.15, 0.2) is 6.29 Å². The maximum Gasteiger partial charge on any atom is 0.333 e. The number of nitrogens with zero attached hydrogens (tertiary/aromatic N) is 3. The number of fused-ring (bicyclic) bond motifs is 1. The largest absolute Gasteiger partial charge is 0.466 e. The van der Waals surface area contributed by atoms with E-state index in [0.717, 1.165) is 66.2 Å². The topological polar surface area (TPSA) is 65.8 Å². The molecular weight excluding hydrogens is 466 g/mol. The minimum absolute atomic E-state index is 0.284. The molecule has 1 atom stereocenters. The lowest BCUT2D eigenvalue weighted by Gasteiger charge is -2.25. The van der Waals surface area contributed by atoms with Crippen LogP contribution in [0.4, 0.5) is 5.69 Å². The van der Waals surface area contributed by atoms with Crippen molar-refractivity contribution in [2.45, 2.75) is 59.4 Å². The monoisotopic (exact) mass is 503 g/mol. The van der Waals surface area contributed by atoms with Gasteiger partial charge in [0.1, 0.15) is 5.75 Å². The molecule has 4 rings (SSSR count). The smallest absolute Gasteiger partial charge is 0.333 e. The van der Waals surface area contributed by atoms with Crippen molar-refractivity contribution in [1.82, 2.24) is 9.78 Å². The molecule has 196 valence electrons. The fourth-order valence-corrected chi connectivity index (χ4v) is 4.46. The van der Waals surface area contributed by atoms with Gasteiger partial charge in [-0.2, -0.15) is 5.10 Å². The highest BCUT2D eigenvalue weighted by Gasteiger charge is 2.21. The number of rotatable bonds is 11. The lowest BCUT2D eigenvalue weighted by molar-refractivity contribution is -0.136. The van der Waals surface area contributed by atoms with E-state index in [1.807, 2.05) is 48.1 Å². The fourth-order valence-electron chi connectivity index (χ4n) is 4.46. The molecule has 0 aliphatic carbocycles. The highest BCUT2D eigenvalue weighted by atomic mass is 16.7. The first-order valence-electron chi connectivity index (χ1n) is 13.1. The third-order valence-electron chi connectivity index (χ3n) is 6.52. The Balaban J connectivity index is 1.57. The molecule has 0 amide bonds. The Morgan fingerprint density at radius 3 is 2.59 bits per heavy atom. The summed E-state index contributed by atoms with van der Waals surface area (Å²) < 4.78 is 18.6. The van der Waals surface area contributed by atoms with Gasteiger partial charge in [0.25, 0.3) is 0 Å². The summed E-state index contributed by atoms with van der Waals surface area (Å²) in [5.74, 6) is 0.489. The summed E-state index contributed by atoms with van der Waals surface area (Å²) in [6.07, 6.45) is 8.40. The van der Waals surface area contributed by atoms with Crippen LogP contribution in [0.2, 0.25) is 0 Å². The van der Waals surface area contributed by atoms with Gasteiger partial charge in [-0.15, -0.1) is 0 Å². The molecule has 3 aromatic rings. The Kier molecular flexibility index (Phi) is 9.01. The Labute approximate surface area is 219 Å². The van der Waals surface area contributed by atoms with Crippen LogP contribution in [0.3, 0.4) is 0 Å². The number of ether oxygens (including phenoxy) is 3. The molecule has 0 bridgehead atoms. The van der Waals surface area contributed by atoms with Crippen LogP contribution in [0.1, 0.15) is 51.2 Å². The van der Waals surface area contributed by atoms with Gasteiger partial charge in [0, 0.05) is 42.7 Å². The molecule has 1 unspecified atom stereocenters. The number of unbranched alkanes of at least 4 members (excludes halogenated alkanes) is 1. The minimum atomic E-state index is -0.290. The third kappa shape index (κ3) is 6.80. The highest BCUT2D eigenvalue weighted by Crippen LogP contribution is 2.34. The number of hydrogen-bond donors (Lipinski definition) is 0. The molecule has 2 aromatic carbocycles. The molecule has 7 nitrogen and oxygen atoms in total. The maximum absolute atomic E-state index is 12.5. The molecule has 1 aromatic heterocycles. The molecule has 0 saturated carbocycles. The number of carbonyl (C=O) groups excluding carboxylic acids is 1. The zero-order valence-electron chi connectivity index (χ0n) is 22.3. The predicted molar refractivity (Wildman–Crippen MR) is 146 cm³/mol. The summed E-state index contributed by atoms with van der Waals surface area (Å²) in [6.45, 7) is 9.11. The van der Waals surface area contributed by atoms with Crippen LogP contribution in [-0.4, -0.2) is 42.3 Å². The molecule has 1 aliphatic heterocycles. The minimum Gasteiger partial charge on any atom is -0.466 e. The fraction of sp³-hybridized carbons (Fsp3) is 0.400. The van der Waals surface area contributed by atoms with E-state index in [4.69, 9.17) is 14.2 Å². The first kappa shape index (κ1) is 26.5. The van der Waals surface area contributed by atoms with Gasteiger partial charge in [-0.1, -0.05) is 31.5 Å². The van der Waals surface area contributed by atoms with E-state index in [-0.39, 0.29) is 12.3 Å². The van der Waals surface area contributed by atoms with Gasteiger partial charge in [-0.3, -0.25) is 4.68 Å². The lowest BCUT2D eigenvalue weighted by Crippen LogP contribution is -2.24. The molecule has 2 heterocycles. The normalized spacial score (nSPS) is 13.9. The number of benzene rings is 2. The van der Waals surface area contributed by atoms with Crippen molar-refractivity contribution in [3.05, 3.63) is 71.6 Å². The number of aromatic nitrogens is 2. The average molecular weight is 504 g/mol. The van der Waals surface area contributed by atoms with Crippen LogP contribution in [0, 0.1) is 0 Å². The third-order valence-corrected chi connectivity index (χ3v) is 6.52. The Morgan fingerprint density at radius 1 is 1.11 bits per heavy atom. The molecule has 0 N–H and O–H groups in total. The van der Waals surface area contributed by atoms with Crippen LogP contribution in [0.15, 0.2) is 60.4 Å². The molecule has 37 heavy (non-hydrogen) atoms. The molecule has 0 spiro atoms. The number of aryl methyl sites for hydroxylation is 1. The maximum atomic E-state index is 12.5. The number of methoxy groups -OCH3 is 1. The van der Waals surface area contributed by atoms with Crippen LogP contribution >= 0.6 is 0 Å². The second-order valence-corrected chi connectivity index (χ2v) is 9.24. The SMILES string of the molecule is CCCCOC(C)Oc1ccc(-c2ccc3c(c2)C=C(C(=O)OC)CCN3Cc2cnn(CC)c2)cc1. The molecule has 7 heteroatoms. The molecule has 0 radical (unpaired) electrons. The summed E-state index contributed by atoms with van der Waals surface area (Å²) in [4.78, 5) is 14.8. The van der Waals surface area contributed by atoms with E-state index in [0.29, 0.717) is 18.6 Å². The van der Waals surface area contributed by atoms with Gasteiger partial charge in [0.05, 0.1) is 19.9 Å². The zero-order valence-corrected chi connectivity index (χ0v) is 22.3. The summed E-state index contributed by atoms with van der Waals surface area (Å²) >= 11 is 0. The Bertz CT molecular complexity index is 1220. The van der Waals surface area contributed by atoms with Gasteiger partial charge >= 0.3 is 5.97 Å². The Hall–Kier alpha value is -3.58. The second-order valence-electron chi connectivity index (χ2n) is 9.24. The van der Waals surface area contributed by atoms with Gasteiger partial charge < -0.3 is 19.1 Å². The van der Waals surface area contributed by atoms with E-state index in [1.54, 1.807) is 0 Å². The lowest BCUT2D eigenvalue weighted by atomic mass is 10.00. The number of anilines is 1. The standard InChI is InChI=1S/C30H37N3O4/c1-5-7-16-36-22(3)37-28-11-8-24(9-12-28)25-10-13-29-27(17-25)18-26(30(34)35-4)14-15-32(29)20-23-19-31-33(6-2)21-23/h8-13,17-19,21-22H,5-7,14-16,20H2,1-4H3. The van der Waals surface area contributed by atoms with E-state index in [1.165, 1.54) is 7.11 Å². The van der Waals surface area contributed by atoms with Gasteiger partial charge in [0.2, 0.25) is 0 Å². The van der Waals surface area contributed by atoms with Gasteiger partial charge in [-0.25, -0.2) is 4.79 Å². The van der Waals surface area contributed by atoms with Crippen molar-refractivity contribution >= 4 is 17.7 Å². The van der Waals surface area contributed by atoms with Crippen LogP contribution in [0.5, 0.6) is 5.75 Å². The average Bonchev–Trinajstić information content (AvgIpc) is 3.30. The summed E-state index contributed by atoms with van der Waals surface area (Å²) in [5.41, 5.74) is 6.04. The van der Waals surface area contributed by atoms with Gasteiger partial charge in [-0.05, 0) is 73.7 Å².